The van der Waals surface area contributed by atoms with Gasteiger partial charge in [-0.15, -0.1) is 0 Å². The lowest BCUT2D eigenvalue weighted by Gasteiger charge is -2.21. The Morgan fingerprint density at radius 2 is 1.63 bits per heavy atom. The molecule has 1 N–H and O–H groups in total. The number of carboxylic acids is 1. The van der Waals surface area contributed by atoms with Crippen molar-refractivity contribution >= 4 is 52.5 Å². The van der Waals surface area contributed by atoms with Gasteiger partial charge in [-0.05, 0) is 53.6 Å². The molecule has 4 nitrogen and oxygen atoms in total. The van der Waals surface area contributed by atoms with Crippen LogP contribution in [0, 0.1) is 0 Å². The minimum absolute atomic E-state index is 0.0653. The van der Waals surface area contributed by atoms with Gasteiger partial charge in [0.1, 0.15) is 0 Å². The highest BCUT2D eigenvalue weighted by Gasteiger charge is 2.31. The summed E-state index contributed by atoms with van der Waals surface area (Å²) in [5.41, 5.74) is 3.15. The predicted molar refractivity (Wildman–Crippen MR) is 120 cm³/mol. The van der Waals surface area contributed by atoms with Gasteiger partial charge in [0.05, 0.1) is 22.0 Å². The fraction of sp³-hybridized carbons (Fsp3) is 0. The predicted octanol–water partition coefficient (Wildman–Crippen LogP) is 6.16. The number of benzene rings is 3. The van der Waals surface area contributed by atoms with Crippen molar-refractivity contribution in [2.45, 2.75) is 0 Å². The second-order valence-electron chi connectivity index (χ2n) is 6.66. The Hall–Kier alpha value is -3.34. The van der Waals surface area contributed by atoms with Crippen LogP contribution in [0.4, 0.5) is 5.69 Å². The first kappa shape index (κ1) is 20.0. The molecule has 0 saturated heterocycles. The van der Waals surface area contributed by atoms with E-state index in [4.69, 9.17) is 23.2 Å². The lowest BCUT2D eigenvalue weighted by molar-refractivity contribution is -0.113. The highest BCUT2D eigenvalue weighted by atomic mass is 35.5. The molecule has 0 aliphatic carbocycles. The van der Waals surface area contributed by atoms with Crippen molar-refractivity contribution in [3.8, 4) is 0 Å². The third-order valence-corrected chi connectivity index (χ3v) is 5.27. The van der Waals surface area contributed by atoms with Gasteiger partial charge in [0.2, 0.25) is 0 Å². The van der Waals surface area contributed by atoms with Gasteiger partial charge < -0.3 is 5.11 Å². The Balaban J connectivity index is 1.84. The van der Waals surface area contributed by atoms with Crippen molar-refractivity contribution in [2.24, 2.45) is 0 Å². The van der Waals surface area contributed by atoms with Crippen molar-refractivity contribution in [3.05, 3.63) is 111 Å². The van der Waals surface area contributed by atoms with Gasteiger partial charge in [0.15, 0.2) is 0 Å². The highest BCUT2D eigenvalue weighted by Crippen LogP contribution is 2.36. The molecule has 3 aromatic carbocycles. The number of rotatable bonds is 4. The van der Waals surface area contributed by atoms with Crippen molar-refractivity contribution in [2.75, 3.05) is 4.90 Å². The number of hydrogen-bond donors (Lipinski definition) is 1. The molecule has 148 valence electrons. The van der Waals surface area contributed by atoms with Crippen molar-refractivity contribution in [3.63, 3.8) is 0 Å². The summed E-state index contributed by atoms with van der Waals surface area (Å²) in [6.07, 6.45) is 3.57. The van der Waals surface area contributed by atoms with Gasteiger partial charge in [-0.1, -0.05) is 65.7 Å². The third kappa shape index (κ3) is 3.88. The number of hydrogen-bond acceptors (Lipinski definition) is 2. The number of halogens is 2. The first-order valence-corrected chi connectivity index (χ1v) is 9.81. The molecule has 1 heterocycles. The van der Waals surface area contributed by atoms with Crippen LogP contribution in [0.2, 0.25) is 10.0 Å². The topological polar surface area (TPSA) is 57.6 Å². The lowest BCUT2D eigenvalue weighted by atomic mass is 10.1. The summed E-state index contributed by atoms with van der Waals surface area (Å²) < 4.78 is 0. The molecular weight excluding hydrogens is 421 g/mol. The summed E-state index contributed by atoms with van der Waals surface area (Å²) in [5, 5.41) is 10.1. The number of carbonyl (C=O) groups excluding carboxylic acids is 1. The third-order valence-electron chi connectivity index (χ3n) is 4.68. The number of nitrogens with zero attached hydrogens (tertiary/aromatic N) is 1. The molecule has 30 heavy (non-hydrogen) atoms. The maximum absolute atomic E-state index is 13.3. The Morgan fingerprint density at radius 1 is 0.933 bits per heavy atom. The summed E-state index contributed by atoms with van der Waals surface area (Å²) in [4.78, 5) is 26.4. The van der Waals surface area contributed by atoms with E-state index >= 15 is 0 Å². The molecule has 0 atom stereocenters. The molecule has 1 aliphatic heterocycles. The van der Waals surface area contributed by atoms with E-state index in [1.54, 1.807) is 30.4 Å². The number of aromatic carboxylic acids is 1. The smallest absolute Gasteiger partial charge is 0.337 e. The molecule has 0 unspecified atom stereocenters. The van der Waals surface area contributed by atoms with Crippen LogP contribution in [0.15, 0.2) is 84.4 Å². The Morgan fingerprint density at radius 3 is 2.30 bits per heavy atom. The summed E-state index contributed by atoms with van der Waals surface area (Å²) in [6.45, 7) is 0. The molecule has 3 aromatic rings. The van der Waals surface area contributed by atoms with Crippen molar-refractivity contribution in [1.29, 1.82) is 0 Å². The monoisotopic (exact) mass is 435 g/mol. The molecule has 0 saturated carbocycles. The molecule has 1 amide bonds. The molecule has 0 aromatic heterocycles. The largest absolute Gasteiger partial charge is 0.478 e. The minimum Gasteiger partial charge on any atom is -0.478 e. The molecule has 4 rings (SSSR count). The molecule has 0 bridgehead atoms. The van der Waals surface area contributed by atoms with Gasteiger partial charge in [-0.25, -0.2) is 4.79 Å². The SMILES string of the molecule is O=C(O)c1cc(N2C(=O)/C(=C/c3ccc(Cl)cc3)C=C2c2ccccc2)ccc1Cl. The Bertz CT molecular complexity index is 1200. The van der Waals surface area contributed by atoms with Crippen LogP contribution < -0.4 is 4.90 Å². The minimum atomic E-state index is -1.16. The van der Waals surface area contributed by atoms with Crippen LogP contribution in [0.25, 0.3) is 11.8 Å². The zero-order chi connectivity index (χ0) is 21.3. The number of anilines is 1. The molecular formula is C24H15Cl2NO3. The summed E-state index contributed by atoms with van der Waals surface area (Å²) in [6, 6.07) is 21.1. The van der Waals surface area contributed by atoms with Gasteiger partial charge in [-0.2, -0.15) is 0 Å². The molecule has 6 heteroatoms. The fourth-order valence-corrected chi connectivity index (χ4v) is 3.57. The first-order chi connectivity index (χ1) is 14.4. The van der Waals surface area contributed by atoms with Crippen LogP contribution in [0.1, 0.15) is 21.5 Å². The van der Waals surface area contributed by atoms with Crippen LogP contribution in [-0.2, 0) is 4.79 Å². The van der Waals surface area contributed by atoms with Crippen LogP contribution in [0.3, 0.4) is 0 Å². The van der Waals surface area contributed by atoms with E-state index in [1.165, 1.54) is 17.0 Å². The maximum Gasteiger partial charge on any atom is 0.337 e. The molecule has 0 fully saturated rings. The summed E-state index contributed by atoms with van der Waals surface area (Å²) >= 11 is 12.0. The second kappa shape index (κ2) is 8.19. The van der Waals surface area contributed by atoms with E-state index in [9.17, 15) is 14.7 Å². The van der Waals surface area contributed by atoms with E-state index in [0.717, 1.165) is 11.1 Å². The second-order valence-corrected chi connectivity index (χ2v) is 7.50. The standard InChI is InChI=1S/C24H15Cl2NO3/c25-18-8-6-15(7-9-18)12-17-13-22(16-4-2-1-3-5-16)27(23(17)28)19-10-11-21(26)20(14-19)24(29)30/h1-14H,(H,29,30)/b17-12+. The number of amides is 1. The van der Waals surface area contributed by atoms with Gasteiger partial charge >= 0.3 is 5.97 Å². The summed E-state index contributed by atoms with van der Waals surface area (Å²) in [7, 11) is 0. The maximum atomic E-state index is 13.3. The highest BCUT2D eigenvalue weighted by molar-refractivity contribution is 6.34. The van der Waals surface area contributed by atoms with E-state index in [0.29, 0.717) is 22.0 Å². The first-order valence-electron chi connectivity index (χ1n) is 9.06. The molecule has 0 spiro atoms. The molecule has 1 aliphatic rings. The van der Waals surface area contributed by atoms with Crippen LogP contribution in [-0.4, -0.2) is 17.0 Å². The van der Waals surface area contributed by atoms with E-state index in [-0.39, 0.29) is 16.5 Å². The van der Waals surface area contributed by atoms with E-state index in [2.05, 4.69) is 0 Å². The average molecular weight is 436 g/mol. The van der Waals surface area contributed by atoms with Gasteiger partial charge in [0.25, 0.3) is 5.91 Å². The zero-order valence-corrected chi connectivity index (χ0v) is 17.1. The number of carbonyl (C=O) groups is 2. The average Bonchev–Trinajstić information content (AvgIpc) is 3.07. The van der Waals surface area contributed by atoms with Crippen LogP contribution >= 0.6 is 23.2 Å². The Kier molecular flexibility index (Phi) is 5.44. The number of carboxylic acid groups (broad SMARTS) is 1. The zero-order valence-electron chi connectivity index (χ0n) is 15.5. The fourth-order valence-electron chi connectivity index (χ4n) is 3.25. The quantitative estimate of drug-likeness (QED) is 0.498. The normalized spacial score (nSPS) is 14.9. The van der Waals surface area contributed by atoms with Crippen LogP contribution in [0.5, 0.6) is 0 Å². The van der Waals surface area contributed by atoms with Crippen molar-refractivity contribution in [1.82, 2.24) is 0 Å². The summed E-state index contributed by atoms with van der Waals surface area (Å²) in [5.74, 6) is -1.42. The lowest BCUT2D eigenvalue weighted by Crippen LogP contribution is -2.25. The molecule has 0 radical (unpaired) electrons. The van der Waals surface area contributed by atoms with E-state index < -0.39 is 5.97 Å². The van der Waals surface area contributed by atoms with Gasteiger partial charge in [-0.3, -0.25) is 9.69 Å². The Labute approximate surface area is 183 Å². The van der Waals surface area contributed by atoms with Gasteiger partial charge in [0, 0.05) is 10.6 Å². The van der Waals surface area contributed by atoms with Crippen molar-refractivity contribution < 1.29 is 14.7 Å². The van der Waals surface area contributed by atoms with E-state index in [1.807, 2.05) is 42.5 Å².